The molecule has 1 N–H and O–H groups in total. The number of rotatable bonds is 6. The first-order valence-corrected chi connectivity index (χ1v) is 7.75. The lowest BCUT2D eigenvalue weighted by Gasteiger charge is -2.19. The molecule has 3 rings (SSSR count). The van der Waals surface area contributed by atoms with Crippen molar-refractivity contribution >= 4 is 23.1 Å². The van der Waals surface area contributed by atoms with Gasteiger partial charge in [-0.15, -0.1) is 15.3 Å². The molecule has 0 spiro atoms. The summed E-state index contributed by atoms with van der Waals surface area (Å²) in [6.07, 6.45) is 0.818. The quantitative estimate of drug-likeness (QED) is 0.751. The molecule has 0 aliphatic rings. The van der Waals surface area contributed by atoms with Crippen LogP contribution in [0.2, 0.25) is 5.02 Å². The molecule has 0 aliphatic heterocycles. The van der Waals surface area contributed by atoms with Gasteiger partial charge in [0.15, 0.2) is 11.5 Å². The lowest BCUT2D eigenvalue weighted by Crippen LogP contribution is -2.15. The maximum absolute atomic E-state index is 5.98. The molecule has 2 heterocycles. The third-order valence-corrected chi connectivity index (χ3v) is 3.88. The minimum absolute atomic E-state index is 0.0777. The monoisotopic (exact) mass is 331 g/mol. The van der Waals surface area contributed by atoms with Gasteiger partial charge in [-0.2, -0.15) is 4.52 Å². The first-order chi connectivity index (χ1) is 11.2. The summed E-state index contributed by atoms with van der Waals surface area (Å²) in [5, 5.41) is 16.8. The van der Waals surface area contributed by atoms with E-state index in [-0.39, 0.29) is 6.04 Å². The van der Waals surface area contributed by atoms with E-state index in [9.17, 15) is 0 Å². The Kier molecular flexibility index (Phi) is 4.73. The highest BCUT2D eigenvalue weighted by molar-refractivity contribution is 6.30. The Morgan fingerprint density at radius 3 is 2.70 bits per heavy atom. The molecule has 1 atom stereocenters. The van der Waals surface area contributed by atoms with Gasteiger partial charge in [-0.1, -0.05) is 23.7 Å². The first kappa shape index (κ1) is 15.7. The van der Waals surface area contributed by atoms with Crippen LogP contribution in [0.4, 0.5) is 5.82 Å². The number of fused-ring (bicyclic) bond motifs is 1. The second kappa shape index (κ2) is 6.93. The Bertz CT molecular complexity index is 787. The SMILES string of the molecule is COCCC(Nc1ccc2nnc(C)n2n1)c1ccc(Cl)cc1. The van der Waals surface area contributed by atoms with Crippen molar-refractivity contribution in [1.82, 2.24) is 19.8 Å². The van der Waals surface area contributed by atoms with E-state index in [2.05, 4.69) is 20.6 Å². The van der Waals surface area contributed by atoms with E-state index < -0.39 is 0 Å². The van der Waals surface area contributed by atoms with Gasteiger partial charge in [0, 0.05) is 18.7 Å². The van der Waals surface area contributed by atoms with Gasteiger partial charge in [-0.05, 0) is 43.2 Å². The van der Waals surface area contributed by atoms with Gasteiger partial charge in [0.25, 0.3) is 0 Å². The fourth-order valence-electron chi connectivity index (χ4n) is 2.40. The number of nitrogens with one attached hydrogen (secondary N) is 1. The van der Waals surface area contributed by atoms with Crippen molar-refractivity contribution in [1.29, 1.82) is 0 Å². The highest BCUT2D eigenvalue weighted by atomic mass is 35.5. The van der Waals surface area contributed by atoms with Gasteiger partial charge in [-0.3, -0.25) is 0 Å². The molecule has 0 amide bonds. The maximum Gasteiger partial charge on any atom is 0.178 e. The zero-order valence-corrected chi connectivity index (χ0v) is 13.8. The second-order valence-corrected chi connectivity index (χ2v) is 5.70. The van der Waals surface area contributed by atoms with Crippen LogP contribution in [0.15, 0.2) is 36.4 Å². The molecule has 0 fully saturated rings. The van der Waals surface area contributed by atoms with Crippen molar-refractivity contribution in [2.75, 3.05) is 19.0 Å². The predicted octanol–water partition coefficient (Wildman–Crippen LogP) is 3.28. The number of halogens is 1. The van der Waals surface area contributed by atoms with Gasteiger partial charge in [-0.25, -0.2) is 0 Å². The molecule has 120 valence electrons. The average molecular weight is 332 g/mol. The van der Waals surface area contributed by atoms with Crippen LogP contribution in [0.5, 0.6) is 0 Å². The van der Waals surface area contributed by atoms with Crippen molar-refractivity contribution in [2.45, 2.75) is 19.4 Å². The Morgan fingerprint density at radius 2 is 1.96 bits per heavy atom. The van der Waals surface area contributed by atoms with Crippen LogP contribution < -0.4 is 5.32 Å². The van der Waals surface area contributed by atoms with E-state index in [0.29, 0.717) is 6.61 Å². The molecule has 0 saturated heterocycles. The van der Waals surface area contributed by atoms with E-state index in [4.69, 9.17) is 16.3 Å². The van der Waals surface area contributed by atoms with Crippen LogP contribution in [-0.4, -0.2) is 33.5 Å². The normalized spacial score (nSPS) is 12.5. The van der Waals surface area contributed by atoms with Crippen LogP contribution >= 0.6 is 11.6 Å². The fraction of sp³-hybridized carbons (Fsp3) is 0.312. The van der Waals surface area contributed by atoms with Gasteiger partial charge >= 0.3 is 0 Å². The smallest absolute Gasteiger partial charge is 0.178 e. The molecule has 1 aromatic carbocycles. The molecule has 7 heteroatoms. The molecular formula is C16H18ClN5O. The van der Waals surface area contributed by atoms with E-state index in [1.54, 1.807) is 11.6 Å². The zero-order chi connectivity index (χ0) is 16.2. The standard InChI is InChI=1S/C16H18ClN5O/c1-11-19-20-16-8-7-15(21-22(11)16)18-14(9-10-23-2)12-3-5-13(17)6-4-12/h3-8,14H,9-10H2,1-2H3,(H,18,21). The average Bonchev–Trinajstić information content (AvgIpc) is 2.93. The summed E-state index contributed by atoms with van der Waals surface area (Å²) in [6.45, 7) is 2.52. The van der Waals surface area contributed by atoms with Crippen LogP contribution in [0, 0.1) is 6.92 Å². The lowest BCUT2D eigenvalue weighted by atomic mass is 10.0. The van der Waals surface area contributed by atoms with Crippen LogP contribution in [0.1, 0.15) is 23.9 Å². The van der Waals surface area contributed by atoms with Gasteiger partial charge < -0.3 is 10.1 Å². The van der Waals surface area contributed by atoms with Gasteiger partial charge in [0.05, 0.1) is 6.04 Å². The third kappa shape index (κ3) is 3.60. The predicted molar refractivity (Wildman–Crippen MR) is 89.8 cm³/mol. The number of methoxy groups -OCH3 is 1. The minimum atomic E-state index is 0.0777. The summed E-state index contributed by atoms with van der Waals surface area (Å²) >= 11 is 5.98. The summed E-state index contributed by atoms with van der Waals surface area (Å²) in [4.78, 5) is 0. The second-order valence-electron chi connectivity index (χ2n) is 5.27. The van der Waals surface area contributed by atoms with E-state index in [1.165, 1.54) is 0 Å². The van der Waals surface area contributed by atoms with Crippen molar-refractivity contribution in [3.8, 4) is 0 Å². The maximum atomic E-state index is 5.98. The number of aromatic nitrogens is 4. The van der Waals surface area contributed by atoms with Crippen molar-refractivity contribution in [3.05, 3.63) is 52.8 Å². The molecule has 6 nitrogen and oxygen atoms in total. The van der Waals surface area contributed by atoms with Gasteiger partial charge in [0.2, 0.25) is 0 Å². The van der Waals surface area contributed by atoms with Crippen molar-refractivity contribution in [2.24, 2.45) is 0 Å². The van der Waals surface area contributed by atoms with Crippen LogP contribution in [0.25, 0.3) is 5.65 Å². The number of nitrogens with zero attached hydrogens (tertiary/aromatic N) is 4. The lowest BCUT2D eigenvalue weighted by molar-refractivity contribution is 0.190. The first-order valence-electron chi connectivity index (χ1n) is 7.37. The highest BCUT2D eigenvalue weighted by Crippen LogP contribution is 2.23. The minimum Gasteiger partial charge on any atom is -0.385 e. The summed E-state index contributed by atoms with van der Waals surface area (Å²) in [5.74, 6) is 1.51. The molecule has 0 aliphatic carbocycles. The Morgan fingerprint density at radius 1 is 1.17 bits per heavy atom. The Hall–Kier alpha value is -2.18. The Balaban J connectivity index is 1.86. The molecule has 0 saturated carbocycles. The summed E-state index contributed by atoms with van der Waals surface area (Å²) in [5.41, 5.74) is 1.86. The van der Waals surface area contributed by atoms with Gasteiger partial charge in [0.1, 0.15) is 5.82 Å². The molecular weight excluding hydrogens is 314 g/mol. The van der Waals surface area contributed by atoms with Crippen molar-refractivity contribution in [3.63, 3.8) is 0 Å². The van der Waals surface area contributed by atoms with E-state index >= 15 is 0 Å². The number of hydrogen-bond donors (Lipinski definition) is 1. The largest absolute Gasteiger partial charge is 0.385 e. The van der Waals surface area contributed by atoms with E-state index in [0.717, 1.165) is 34.3 Å². The number of benzene rings is 1. The number of aryl methyl sites for hydroxylation is 1. The van der Waals surface area contributed by atoms with E-state index in [1.807, 2.05) is 43.3 Å². The Labute approximate surface area is 139 Å². The van der Waals surface area contributed by atoms with Crippen LogP contribution in [0.3, 0.4) is 0 Å². The fourth-order valence-corrected chi connectivity index (χ4v) is 2.53. The molecule has 1 unspecified atom stereocenters. The summed E-state index contributed by atoms with van der Waals surface area (Å²) < 4.78 is 6.94. The van der Waals surface area contributed by atoms with Crippen LogP contribution in [-0.2, 0) is 4.74 Å². The third-order valence-electron chi connectivity index (χ3n) is 3.62. The number of anilines is 1. The summed E-state index contributed by atoms with van der Waals surface area (Å²) in [6, 6.07) is 11.7. The number of ether oxygens (including phenoxy) is 1. The molecule has 0 radical (unpaired) electrons. The zero-order valence-electron chi connectivity index (χ0n) is 13.0. The number of hydrogen-bond acceptors (Lipinski definition) is 5. The molecule has 2 aromatic heterocycles. The highest BCUT2D eigenvalue weighted by Gasteiger charge is 2.13. The molecule has 3 aromatic rings. The van der Waals surface area contributed by atoms with Crippen molar-refractivity contribution < 1.29 is 4.74 Å². The molecule has 0 bridgehead atoms. The summed E-state index contributed by atoms with van der Waals surface area (Å²) in [7, 11) is 1.70. The topological polar surface area (TPSA) is 64.3 Å². The molecule has 23 heavy (non-hydrogen) atoms.